The summed E-state index contributed by atoms with van der Waals surface area (Å²) in [6.45, 7) is 6.56. The van der Waals surface area contributed by atoms with Gasteiger partial charge in [-0.15, -0.1) is 0 Å². The van der Waals surface area contributed by atoms with Gasteiger partial charge in [-0.25, -0.2) is 4.79 Å². The molecule has 0 spiro atoms. The van der Waals surface area contributed by atoms with Gasteiger partial charge >= 0.3 is 5.97 Å². The van der Waals surface area contributed by atoms with Crippen LogP contribution in [0.5, 0.6) is 5.75 Å². The number of carbonyl (C=O) groups is 2. The zero-order chi connectivity index (χ0) is 23.7. The lowest BCUT2D eigenvalue weighted by Crippen LogP contribution is -2.68. The molecule has 0 saturated carbocycles. The molecular weight excluding hydrogens is 408 g/mol. The normalized spacial score (nSPS) is 28.7. The number of methoxy groups -OCH3 is 2. The molecule has 1 heterocycles. The number of rotatable bonds is 6. The Kier molecular flexibility index (Phi) is 6.81. The number of nitrogens with zero attached hydrogens (tertiary/aromatic N) is 1. The number of esters is 1. The lowest BCUT2D eigenvalue weighted by Gasteiger charge is -2.60. The van der Waals surface area contributed by atoms with Crippen LogP contribution in [0.1, 0.15) is 44.2 Å². The summed E-state index contributed by atoms with van der Waals surface area (Å²) in [4.78, 5) is 25.7. The van der Waals surface area contributed by atoms with E-state index in [1.54, 1.807) is 20.1 Å². The molecule has 0 bridgehead atoms. The molecule has 0 radical (unpaired) electrons. The quantitative estimate of drug-likeness (QED) is 0.400. The minimum atomic E-state index is -1.13. The molecule has 1 fully saturated rings. The van der Waals surface area contributed by atoms with E-state index in [2.05, 4.69) is 10.2 Å². The van der Waals surface area contributed by atoms with E-state index in [1.165, 1.54) is 7.11 Å². The molecule has 1 aliphatic heterocycles. The lowest BCUT2D eigenvalue weighted by molar-refractivity contribution is -0.136. The second-order valence-electron chi connectivity index (χ2n) is 9.03. The molecule has 1 aromatic rings. The number of likely N-dealkylation sites (N-methyl/N-ethyl adjacent to an activating group) is 1. The summed E-state index contributed by atoms with van der Waals surface area (Å²) in [6.07, 6.45) is 3.83. The fourth-order valence-electron chi connectivity index (χ4n) is 5.45. The molecule has 1 saturated heterocycles. The monoisotopic (exact) mass is 442 g/mol. The third-order valence-corrected chi connectivity index (χ3v) is 7.49. The molecule has 3 rings (SSSR count). The Bertz CT molecular complexity index is 969. The smallest absolute Gasteiger partial charge is 0.333 e. The maximum Gasteiger partial charge on any atom is 0.333 e. The van der Waals surface area contributed by atoms with Gasteiger partial charge in [0.2, 0.25) is 6.41 Å². The average molecular weight is 443 g/mol. The summed E-state index contributed by atoms with van der Waals surface area (Å²) in [5.41, 5.74) is 2.20. The van der Waals surface area contributed by atoms with Crippen molar-refractivity contribution in [3.63, 3.8) is 0 Å². The number of fused-ring (bicyclic) bond motifs is 1. The molecule has 7 nitrogen and oxygen atoms in total. The van der Waals surface area contributed by atoms with E-state index >= 15 is 0 Å². The first kappa shape index (κ1) is 24.0. The fraction of sp³-hybridized carbons (Fsp3) is 0.520. The summed E-state index contributed by atoms with van der Waals surface area (Å²) < 4.78 is 10.4. The summed E-state index contributed by atoms with van der Waals surface area (Å²) >= 11 is 0. The number of allylic oxidation sites excluding steroid dienone is 2. The Morgan fingerprint density at radius 3 is 2.66 bits per heavy atom. The van der Waals surface area contributed by atoms with Crippen LogP contribution in [0.25, 0.3) is 0 Å². The van der Waals surface area contributed by atoms with Gasteiger partial charge in [0.25, 0.3) is 0 Å². The Labute approximate surface area is 190 Å². The molecule has 1 unspecified atom stereocenters. The maximum atomic E-state index is 12.4. The summed E-state index contributed by atoms with van der Waals surface area (Å²) in [5, 5.41) is 15.3. The van der Waals surface area contributed by atoms with Crippen molar-refractivity contribution >= 4 is 12.4 Å². The van der Waals surface area contributed by atoms with Crippen LogP contribution >= 0.6 is 0 Å². The molecular formula is C25H34N2O5. The van der Waals surface area contributed by atoms with Crippen LogP contribution in [-0.4, -0.2) is 61.8 Å². The number of ether oxygens (including phenoxy) is 2. The summed E-state index contributed by atoms with van der Waals surface area (Å²) in [6, 6.07) is 5.79. The Hall–Kier alpha value is -2.64. The van der Waals surface area contributed by atoms with E-state index in [4.69, 9.17) is 9.47 Å². The fourth-order valence-corrected chi connectivity index (χ4v) is 5.45. The van der Waals surface area contributed by atoms with Crippen molar-refractivity contribution in [2.24, 2.45) is 0 Å². The topological polar surface area (TPSA) is 88.1 Å². The van der Waals surface area contributed by atoms with Crippen molar-refractivity contribution in [3.05, 3.63) is 52.2 Å². The van der Waals surface area contributed by atoms with Crippen molar-refractivity contribution in [1.29, 1.82) is 0 Å². The number of piperidine rings is 1. The maximum absolute atomic E-state index is 12.4. The Morgan fingerprint density at radius 1 is 1.31 bits per heavy atom. The molecule has 3 atom stereocenters. The summed E-state index contributed by atoms with van der Waals surface area (Å²) in [7, 11) is 4.99. The lowest BCUT2D eigenvalue weighted by atomic mass is 9.53. The molecule has 1 aliphatic carbocycles. The molecule has 1 amide bonds. The van der Waals surface area contributed by atoms with Gasteiger partial charge < -0.3 is 24.8 Å². The number of aliphatic hydroxyl groups is 1. The number of amides is 1. The highest BCUT2D eigenvalue weighted by Gasteiger charge is 2.60. The van der Waals surface area contributed by atoms with Gasteiger partial charge in [0.15, 0.2) is 0 Å². The second kappa shape index (κ2) is 9.08. The van der Waals surface area contributed by atoms with Crippen molar-refractivity contribution in [3.8, 4) is 5.75 Å². The first-order chi connectivity index (χ1) is 15.1. The highest BCUT2D eigenvalue weighted by Crippen LogP contribution is 2.56. The predicted molar refractivity (Wildman–Crippen MR) is 122 cm³/mol. The number of nitrogens with one attached hydrogen (secondary N) is 1. The van der Waals surface area contributed by atoms with Crippen LogP contribution in [0.3, 0.4) is 0 Å². The van der Waals surface area contributed by atoms with Crippen molar-refractivity contribution in [2.75, 3.05) is 27.8 Å². The van der Waals surface area contributed by atoms with E-state index in [1.807, 2.05) is 39.1 Å². The van der Waals surface area contributed by atoms with Crippen LogP contribution in [0.2, 0.25) is 0 Å². The van der Waals surface area contributed by atoms with Gasteiger partial charge in [-0.2, -0.15) is 0 Å². The zero-order valence-electron chi connectivity index (χ0n) is 19.8. The number of aryl methyl sites for hydroxylation is 1. The number of hydrogen-bond donors (Lipinski definition) is 2. The largest absolute Gasteiger partial charge is 0.497 e. The Morgan fingerprint density at radius 2 is 2.03 bits per heavy atom. The molecule has 174 valence electrons. The molecule has 7 heteroatoms. The van der Waals surface area contributed by atoms with Gasteiger partial charge in [0.1, 0.15) is 5.75 Å². The highest BCUT2D eigenvalue weighted by atomic mass is 16.5. The third-order valence-electron chi connectivity index (χ3n) is 7.49. The van der Waals surface area contributed by atoms with Crippen LogP contribution in [0, 0.1) is 6.92 Å². The van der Waals surface area contributed by atoms with E-state index in [0.717, 1.165) is 35.4 Å². The minimum absolute atomic E-state index is 0.151. The number of benzene rings is 1. The highest BCUT2D eigenvalue weighted by molar-refractivity contribution is 5.88. The molecule has 2 aliphatic rings. The Balaban J connectivity index is 2.26. The van der Waals surface area contributed by atoms with Crippen LogP contribution in [0.15, 0.2) is 41.1 Å². The van der Waals surface area contributed by atoms with E-state index < -0.39 is 17.0 Å². The summed E-state index contributed by atoms with van der Waals surface area (Å²) in [5.74, 6) is 0.291. The van der Waals surface area contributed by atoms with Gasteiger partial charge in [0.05, 0.1) is 19.8 Å². The first-order valence-corrected chi connectivity index (χ1v) is 10.9. The third kappa shape index (κ3) is 3.84. The van der Waals surface area contributed by atoms with Crippen molar-refractivity contribution in [2.45, 2.75) is 57.1 Å². The molecule has 32 heavy (non-hydrogen) atoms. The minimum Gasteiger partial charge on any atom is -0.497 e. The number of carbonyl (C=O) groups excluding carboxylic acids is 2. The average Bonchev–Trinajstić information content (AvgIpc) is 2.78. The van der Waals surface area contributed by atoms with Crippen molar-refractivity contribution in [1.82, 2.24) is 10.2 Å². The number of hydrogen-bond acceptors (Lipinski definition) is 6. The van der Waals surface area contributed by atoms with Crippen LogP contribution in [-0.2, 0) is 19.7 Å². The van der Waals surface area contributed by atoms with Gasteiger partial charge in [0, 0.05) is 35.6 Å². The van der Waals surface area contributed by atoms with E-state index in [0.29, 0.717) is 30.5 Å². The van der Waals surface area contributed by atoms with E-state index in [9.17, 15) is 14.7 Å². The van der Waals surface area contributed by atoms with Gasteiger partial charge in [-0.3, -0.25) is 4.79 Å². The van der Waals surface area contributed by atoms with Gasteiger partial charge in [-0.1, -0.05) is 6.07 Å². The SMILES string of the molecule is COC(=O)/C(C)=C/C1=C(NC=O)C[C@]2(c3cc(OC)ccc3C)CCN(C)C(C)[C@]2(O)C1. The van der Waals surface area contributed by atoms with E-state index in [-0.39, 0.29) is 6.04 Å². The molecule has 0 aromatic heterocycles. The standard InChI is InChI=1S/C25H34N2O5/c1-16-7-8-20(31-5)12-21(16)24-9-10-27(4)18(3)25(24,30)13-19(22(14-24)26-15-28)11-17(2)23(29)32-6/h7-8,11-12,15,18,30H,9-10,13-14H2,1-6H3,(H,26,28)/b17-11+/t18?,24-,25+/m0/s1. The predicted octanol–water partition coefficient (Wildman–Crippen LogP) is 2.61. The second-order valence-corrected chi connectivity index (χ2v) is 9.03. The van der Waals surface area contributed by atoms with Gasteiger partial charge in [-0.05, 0) is 75.7 Å². The number of likely N-dealkylation sites (tertiary alicyclic amines) is 1. The molecule has 1 aromatic carbocycles. The van der Waals surface area contributed by atoms with Crippen LogP contribution < -0.4 is 10.1 Å². The zero-order valence-corrected chi connectivity index (χ0v) is 19.8. The van der Waals surface area contributed by atoms with Crippen LogP contribution in [0.4, 0.5) is 0 Å². The first-order valence-electron chi connectivity index (χ1n) is 10.9. The molecule has 2 N–H and O–H groups in total. The van der Waals surface area contributed by atoms with Crippen molar-refractivity contribution < 1.29 is 24.2 Å².